The Morgan fingerprint density at radius 2 is 1.85 bits per heavy atom. The van der Waals surface area contributed by atoms with Gasteiger partial charge in [0, 0.05) is 32.5 Å². The van der Waals surface area contributed by atoms with Gasteiger partial charge < -0.3 is 15.4 Å². The van der Waals surface area contributed by atoms with E-state index in [9.17, 15) is 9.59 Å². The lowest BCUT2D eigenvalue weighted by atomic mass is 9.78. The second kappa shape index (κ2) is 8.95. The van der Waals surface area contributed by atoms with Crippen LogP contribution in [-0.2, 0) is 14.3 Å². The quantitative estimate of drug-likeness (QED) is 0.696. The van der Waals surface area contributed by atoms with Crippen molar-refractivity contribution in [2.24, 2.45) is 11.8 Å². The molecule has 0 bridgehead atoms. The highest BCUT2D eigenvalue weighted by atomic mass is 16.5. The van der Waals surface area contributed by atoms with Gasteiger partial charge in [-0.3, -0.25) is 9.59 Å². The Kier molecular flexibility index (Phi) is 7.59. The molecule has 1 aliphatic carbocycles. The highest BCUT2D eigenvalue weighted by Gasteiger charge is 2.27. The van der Waals surface area contributed by atoms with E-state index in [0.717, 1.165) is 6.42 Å². The fraction of sp³-hybridized carbons (Fsp3) is 0.867. The molecule has 0 aromatic carbocycles. The van der Waals surface area contributed by atoms with Crippen molar-refractivity contribution in [1.29, 1.82) is 0 Å². The summed E-state index contributed by atoms with van der Waals surface area (Å²) in [7, 11) is 1.59. The Labute approximate surface area is 121 Å². The summed E-state index contributed by atoms with van der Waals surface area (Å²) in [5, 5.41) is 5.79. The van der Waals surface area contributed by atoms with Crippen LogP contribution in [0.3, 0.4) is 0 Å². The van der Waals surface area contributed by atoms with Gasteiger partial charge in [0.1, 0.15) is 0 Å². The number of hydrogen-bond acceptors (Lipinski definition) is 3. The van der Waals surface area contributed by atoms with Crippen molar-refractivity contribution < 1.29 is 14.3 Å². The normalized spacial score (nSPS) is 26.1. The van der Waals surface area contributed by atoms with Gasteiger partial charge in [-0.25, -0.2) is 0 Å². The molecule has 3 atom stereocenters. The van der Waals surface area contributed by atoms with Gasteiger partial charge in [0.05, 0.1) is 6.61 Å². The van der Waals surface area contributed by atoms with Crippen molar-refractivity contribution in [2.75, 3.05) is 20.3 Å². The molecule has 0 unspecified atom stereocenters. The highest BCUT2D eigenvalue weighted by Crippen LogP contribution is 2.29. The summed E-state index contributed by atoms with van der Waals surface area (Å²) in [4.78, 5) is 23.4. The van der Waals surface area contributed by atoms with Crippen LogP contribution >= 0.6 is 0 Å². The zero-order valence-corrected chi connectivity index (χ0v) is 12.9. The predicted molar refractivity (Wildman–Crippen MR) is 78.2 cm³/mol. The van der Waals surface area contributed by atoms with Crippen LogP contribution in [0.1, 0.15) is 46.0 Å². The summed E-state index contributed by atoms with van der Waals surface area (Å²) in [6.07, 6.45) is 3.98. The van der Waals surface area contributed by atoms with Crippen LogP contribution in [0, 0.1) is 11.8 Å². The first kappa shape index (κ1) is 17.0. The van der Waals surface area contributed by atoms with E-state index < -0.39 is 0 Å². The molecule has 2 N–H and O–H groups in total. The van der Waals surface area contributed by atoms with Crippen molar-refractivity contribution >= 4 is 11.8 Å². The Balaban J connectivity index is 2.21. The number of carbonyl (C=O) groups is 2. The summed E-state index contributed by atoms with van der Waals surface area (Å²) in [5.41, 5.74) is 0. The molecule has 0 aromatic rings. The highest BCUT2D eigenvalue weighted by molar-refractivity contribution is 5.83. The van der Waals surface area contributed by atoms with Crippen LogP contribution < -0.4 is 10.6 Å². The first-order valence-corrected chi connectivity index (χ1v) is 7.59. The second-order valence-corrected chi connectivity index (χ2v) is 5.78. The maximum absolute atomic E-state index is 11.9. The summed E-state index contributed by atoms with van der Waals surface area (Å²) in [6, 6.07) is 0.266. The minimum Gasteiger partial charge on any atom is -0.383 e. The van der Waals surface area contributed by atoms with Gasteiger partial charge in [-0.05, 0) is 18.3 Å². The summed E-state index contributed by atoms with van der Waals surface area (Å²) in [5.74, 6) is 1.06. The zero-order chi connectivity index (χ0) is 15.0. The topological polar surface area (TPSA) is 67.4 Å². The molecule has 116 valence electrons. The van der Waals surface area contributed by atoms with Crippen molar-refractivity contribution in [2.45, 2.75) is 52.0 Å². The average molecular weight is 284 g/mol. The van der Waals surface area contributed by atoms with E-state index in [4.69, 9.17) is 4.74 Å². The molecule has 0 saturated heterocycles. The number of ether oxygens (including phenoxy) is 1. The molecule has 0 aromatic heterocycles. The lowest BCUT2D eigenvalue weighted by molar-refractivity contribution is -0.127. The van der Waals surface area contributed by atoms with Crippen molar-refractivity contribution in [1.82, 2.24) is 10.6 Å². The number of rotatable bonds is 7. The zero-order valence-electron chi connectivity index (χ0n) is 12.9. The van der Waals surface area contributed by atoms with Gasteiger partial charge in [0.2, 0.25) is 11.8 Å². The van der Waals surface area contributed by atoms with Gasteiger partial charge in [-0.2, -0.15) is 0 Å². The average Bonchev–Trinajstić information content (AvgIpc) is 2.42. The van der Waals surface area contributed by atoms with Crippen LogP contribution in [0.2, 0.25) is 0 Å². The van der Waals surface area contributed by atoms with Crippen LogP contribution in [0.4, 0.5) is 0 Å². The Hall–Kier alpha value is -1.10. The van der Waals surface area contributed by atoms with Gasteiger partial charge in [-0.15, -0.1) is 0 Å². The molecule has 0 aliphatic heterocycles. The van der Waals surface area contributed by atoms with Crippen molar-refractivity contribution in [3.8, 4) is 0 Å². The van der Waals surface area contributed by atoms with E-state index in [2.05, 4.69) is 24.5 Å². The third-order valence-electron chi connectivity index (χ3n) is 4.26. The molecule has 0 spiro atoms. The van der Waals surface area contributed by atoms with E-state index in [0.29, 0.717) is 25.0 Å². The fourth-order valence-corrected chi connectivity index (χ4v) is 2.67. The molecule has 5 heteroatoms. The van der Waals surface area contributed by atoms with E-state index in [1.165, 1.54) is 12.8 Å². The second-order valence-electron chi connectivity index (χ2n) is 5.78. The smallest absolute Gasteiger partial charge is 0.220 e. The minimum atomic E-state index is -0.0951. The van der Waals surface area contributed by atoms with Crippen LogP contribution in [0.25, 0.3) is 0 Å². The fourth-order valence-electron chi connectivity index (χ4n) is 2.67. The van der Waals surface area contributed by atoms with E-state index in [1.807, 2.05) is 0 Å². The van der Waals surface area contributed by atoms with E-state index in [-0.39, 0.29) is 30.7 Å². The molecule has 1 fully saturated rings. The Morgan fingerprint density at radius 3 is 2.55 bits per heavy atom. The third kappa shape index (κ3) is 5.90. The standard InChI is InChI=1S/C15H28N2O3/c1-11-5-4-6-13(12(11)2)17-15(19)8-7-14(18)16-9-10-20-3/h11-13H,4-10H2,1-3H3,(H,16,18)(H,17,19)/t11-,12+,13-/m0/s1. The molecule has 5 nitrogen and oxygen atoms in total. The molecule has 0 heterocycles. The molecular weight excluding hydrogens is 256 g/mol. The van der Waals surface area contributed by atoms with E-state index in [1.54, 1.807) is 7.11 Å². The maximum atomic E-state index is 11.9. The lowest BCUT2D eigenvalue weighted by Gasteiger charge is -2.34. The summed E-state index contributed by atoms with van der Waals surface area (Å²) < 4.78 is 4.85. The Bertz CT molecular complexity index is 320. The molecule has 0 radical (unpaired) electrons. The largest absolute Gasteiger partial charge is 0.383 e. The monoisotopic (exact) mass is 284 g/mol. The van der Waals surface area contributed by atoms with Crippen LogP contribution in [0.15, 0.2) is 0 Å². The van der Waals surface area contributed by atoms with Crippen molar-refractivity contribution in [3.05, 3.63) is 0 Å². The number of nitrogens with one attached hydrogen (secondary N) is 2. The number of hydrogen-bond donors (Lipinski definition) is 2. The first-order valence-electron chi connectivity index (χ1n) is 7.59. The number of carbonyl (C=O) groups excluding carboxylic acids is 2. The molecule has 1 aliphatic rings. The molecule has 1 rings (SSSR count). The maximum Gasteiger partial charge on any atom is 0.220 e. The van der Waals surface area contributed by atoms with Crippen LogP contribution in [-0.4, -0.2) is 38.1 Å². The number of amides is 2. The number of methoxy groups -OCH3 is 1. The third-order valence-corrected chi connectivity index (χ3v) is 4.26. The van der Waals surface area contributed by atoms with Crippen molar-refractivity contribution in [3.63, 3.8) is 0 Å². The lowest BCUT2D eigenvalue weighted by Crippen LogP contribution is -2.44. The molecule has 2 amide bonds. The van der Waals surface area contributed by atoms with Gasteiger partial charge >= 0.3 is 0 Å². The first-order chi connectivity index (χ1) is 9.54. The molecule has 1 saturated carbocycles. The Morgan fingerprint density at radius 1 is 1.15 bits per heavy atom. The predicted octanol–water partition coefficient (Wildman–Crippen LogP) is 1.47. The molecule has 20 heavy (non-hydrogen) atoms. The molecular formula is C15H28N2O3. The minimum absolute atomic E-state index is 0.0159. The summed E-state index contributed by atoms with van der Waals surface area (Å²) >= 11 is 0. The van der Waals surface area contributed by atoms with Gasteiger partial charge in [0.15, 0.2) is 0 Å². The van der Waals surface area contributed by atoms with E-state index >= 15 is 0 Å². The summed E-state index contributed by atoms with van der Waals surface area (Å²) in [6.45, 7) is 5.43. The SMILES string of the molecule is COCCNC(=O)CCC(=O)N[C@H]1CCC[C@H](C)[C@H]1C. The van der Waals surface area contributed by atoms with Gasteiger partial charge in [-0.1, -0.05) is 26.7 Å². The van der Waals surface area contributed by atoms with Crippen LogP contribution in [0.5, 0.6) is 0 Å². The van der Waals surface area contributed by atoms with Gasteiger partial charge in [0.25, 0.3) is 0 Å².